The van der Waals surface area contributed by atoms with E-state index in [1.165, 1.54) is 4.70 Å². The number of aromatic nitrogens is 1. The zero-order valence-electron chi connectivity index (χ0n) is 10.0. The van der Waals surface area contributed by atoms with Gasteiger partial charge in [0.25, 0.3) is 0 Å². The summed E-state index contributed by atoms with van der Waals surface area (Å²) in [5.74, 6) is 0. The summed E-state index contributed by atoms with van der Waals surface area (Å²) in [5.41, 5.74) is 1.06. The molecule has 0 aliphatic carbocycles. The summed E-state index contributed by atoms with van der Waals surface area (Å²) in [4.78, 5) is 6.74. The molecule has 0 fully saturated rings. The van der Waals surface area contributed by atoms with Crippen LogP contribution in [0.2, 0.25) is 0 Å². The molecule has 0 aliphatic heterocycles. The van der Waals surface area contributed by atoms with E-state index in [9.17, 15) is 0 Å². The van der Waals surface area contributed by atoms with Crippen LogP contribution >= 0.6 is 27.3 Å². The molecule has 5 heteroatoms. The van der Waals surface area contributed by atoms with Gasteiger partial charge in [-0.05, 0) is 45.3 Å². The maximum absolute atomic E-state index is 4.54. The molecule has 0 saturated carbocycles. The van der Waals surface area contributed by atoms with E-state index in [1.807, 2.05) is 12.1 Å². The molecule has 0 saturated heterocycles. The van der Waals surface area contributed by atoms with Crippen molar-refractivity contribution >= 4 is 42.6 Å². The predicted molar refractivity (Wildman–Crippen MR) is 79.0 cm³/mol. The Morgan fingerprint density at radius 1 is 1.41 bits per heavy atom. The van der Waals surface area contributed by atoms with Crippen LogP contribution < -0.4 is 5.32 Å². The minimum atomic E-state index is 0.971. The number of fused-ring (bicyclic) bond motifs is 1. The van der Waals surface area contributed by atoms with Gasteiger partial charge in [0.15, 0.2) is 5.13 Å². The molecule has 3 nitrogen and oxygen atoms in total. The molecule has 1 N–H and O–H groups in total. The van der Waals surface area contributed by atoms with Crippen LogP contribution in [0, 0.1) is 0 Å². The lowest BCUT2D eigenvalue weighted by molar-refractivity contribution is 0.405. The first kappa shape index (κ1) is 12.8. The third-order valence-corrected chi connectivity index (χ3v) is 3.88. The Kier molecular flexibility index (Phi) is 4.36. The molecule has 0 spiro atoms. The number of hydrogen-bond donors (Lipinski definition) is 1. The van der Waals surface area contributed by atoms with Crippen LogP contribution in [-0.2, 0) is 0 Å². The molecular formula is C12H16BrN3S. The zero-order valence-corrected chi connectivity index (χ0v) is 12.4. The third kappa shape index (κ3) is 3.66. The lowest BCUT2D eigenvalue weighted by atomic mass is 10.3. The lowest BCUT2D eigenvalue weighted by Gasteiger charge is -2.08. The van der Waals surface area contributed by atoms with Crippen LogP contribution in [-0.4, -0.2) is 37.1 Å². The Morgan fingerprint density at radius 2 is 2.24 bits per heavy atom. The van der Waals surface area contributed by atoms with Crippen molar-refractivity contribution in [3.63, 3.8) is 0 Å². The number of benzene rings is 1. The van der Waals surface area contributed by atoms with Crippen LogP contribution in [0.15, 0.2) is 22.7 Å². The van der Waals surface area contributed by atoms with Gasteiger partial charge in [-0.15, -0.1) is 0 Å². The van der Waals surface area contributed by atoms with Crippen molar-refractivity contribution in [1.82, 2.24) is 9.88 Å². The molecule has 92 valence electrons. The number of hydrogen-bond acceptors (Lipinski definition) is 4. The molecule has 0 amide bonds. The van der Waals surface area contributed by atoms with Crippen molar-refractivity contribution in [1.29, 1.82) is 0 Å². The highest BCUT2D eigenvalue weighted by Crippen LogP contribution is 2.28. The summed E-state index contributed by atoms with van der Waals surface area (Å²) < 4.78 is 2.32. The average molecular weight is 314 g/mol. The Labute approximate surface area is 114 Å². The first-order valence-electron chi connectivity index (χ1n) is 5.60. The Hall–Kier alpha value is -0.650. The summed E-state index contributed by atoms with van der Waals surface area (Å²) in [6.07, 6.45) is 1.13. The van der Waals surface area contributed by atoms with Crippen LogP contribution in [0.5, 0.6) is 0 Å². The Bertz CT molecular complexity index is 495. The standard InChI is InChI=1S/C12H16BrN3S/c1-16(2)7-3-6-14-12-15-10-5-4-9(13)8-11(10)17-12/h4-5,8H,3,6-7H2,1-2H3,(H,14,15). The van der Waals surface area contributed by atoms with Gasteiger partial charge in [0.2, 0.25) is 0 Å². The van der Waals surface area contributed by atoms with Gasteiger partial charge in [0.1, 0.15) is 0 Å². The van der Waals surface area contributed by atoms with Crippen molar-refractivity contribution < 1.29 is 0 Å². The van der Waals surface area contributed by atoms with Crippen LogP contribution in [0.1, 0.15) is 6.42 Å². The van der Waals surface area contributed by atoms with Crippen molar-refractivity contribution in [3.8, 4) is 0 Å². The molecule has 0 unspecified atom stereocenters. The highest BCUT2D eigenvalue weighted by atomic mass is 79.9. The third-order valence-electron chi connectivity index (χ3n) is 2.41. The summed E-state index contributed by atoms with van der Waals surface area (Å²) in [5, 5.41) is 4.39. The first-order chi connectivity index (χ1) is 8.15. The smallest absolute Gasteiger partial charge is 0.183 e. The van der Waals surface area contributed by atoms with Crippen molar-refractivity contribution in [2.45, 2.75) is 6.42 Å². The van der Waals surface area contributed by atoms with E-state index >= 15 is 0 Å². The molecule has 2 rings (SSSR count). The Morgan fingerprint density at radius 3 is 3.00 bits per heavy atom. The van der Waals surface area contributed by atoms with Gasteiger partial charge < -0.3 is 10.2 Å². The molecule has 1 aromatic carbocycles. The molecule has 2 aromatic rings. The van der Waals surface area contributed by atoms with Gasteiger partial charge in [-0.1, -0.05) is 27.3 Å². The quantitative estimate of drug-likeness (QED) is 0.857. The topological polar surface area (TPSA) is 28.2 Å². The van der Waals surface area contributed by atoms with Gasteiger partial charge >= 0.3 is 0 Å². The van der Waals surface area contributed by atoms with E-state index in [2.05, 4.69) is 51.3 Å². The van der Waals surface area contributed by atoms with E-state index < -0.39 is 0 Å². The summed E-state index contributed by atoms with van der Waals surface area (Å²) in [6, 6.07) is 6.18. The van der Waals surface area contributed by atoms with E-state index in [0.29, 0.717) is 0 Å². The second-order valence-electron chi connectivity index (χ2n) is 4.21. The fraction of sp³-hybridized carbons (Fsp3) is 0.417. The number of nitrogens with one attached hydrogen (secondary N) is 1. The van der Waals surface area contributed by atoms with Crippen LogP contribution in [0.25, 0.3) is 10.2 Å². The molecule has 1 aromatic heterocycles. The van der Waals surface area contributed by atoms with E-state index in [0.717, 1.165) is 34.6 Å². The monoisotopic (exact) mass is 313 g/mol. The molecule has 0 bridgehead atoms. The fourth-order valence-electron chi connectivity index (χ4n) is 1.56. The van der Waals surface area contributed by atoms with E-state index in [4.69, 9.17) is 0 Å². The Balaban J connectivity index is 1.95. The van der Waals surface area contributed by atoms with Gasteiger partial charge in [-0.25, -0.2) is 4.98 Å². The molecule has 0 radical (unpaired) electrons. The first-order valence-corrected chi connectivity index (χ1v) is 7.21. The normalized spacial score (nSPS) is 11.3. The second kappa shape index (κ2) is 5.80. The van der Waals surface area contributed by atoms with Gasteiger partial charge in [0, 0.05) is 11.0 Å². The van der Waals surface area contributed by atoms with Gasteiger partial charge in [0.05, 0.1) is 10.2 Å². The highest BCUT2D eigenvalue weighted by Gasteiger charge is 2.03. The number of thiazole rings is 1. The van der Waals surface area contributed by atoms with Crippen molar-refractivity contribution in [2.24, 2.45) is 0 Å². The van der Waals surface area contributed by atoms with E-state index in [-0.39, 0.29) is 0 Å². The molecule has 0 atom stereocenters. The minimum absolute atomic E-state index is 0.971. The predicted octanol–water partition coefficient (Wildman–Crippen LogP) is 3.42. The summed E-state index contributed by atoms with van der Waals surface area (Å²) in [7, 11) is 4.18. The van der Waals surface area contributed by atoms with Crippen molar-refractivity contribution in [3.05, 3.63) is 22.7 Å². The largest absolute Gasteiger partial charge is 0.361 e. The molecule has 1 heterocycles. The maximum atomic E-state index is 4.54. The number of anilines is 1. The van der Waals surface area contributed by atoms with Gasteiger partial charge in [-0.3, -0.25) is 0 Å². The minimum Gasteiger partial charge on any atom is -0.361 e. The second-order valence-corrected chi connectivity index (χ2v) is 6.16. The van der Waals surface area contributed by atoms with Crippen LogP contribution in [0.4, 0.5) is 5.13 Å². The number of nitrogens with zero attached hydrogens (tertiary/aromatic N) is 2. The maximum Gasteiger partial charge on any atom is 0.183 e. The molecular weight excluding hydrogens is 298 g/mol. The molecule has 0 aliphatic rings. The highest BCUT2D eigenvalue weighted by molar-refractivity contribution is 9.10. The fourth-order valence-corrected chi connectivity index (χ4v) is 3.01. The lowest BCUT2D eigenvalue weighted by Crippen LogP contribution is -2.16. The summed E-state index contributed by atoms with van der Waals surface area (Å²) >= 11 is 5.18. The van der Waals surface area contributed by atoms with Crippen LogP contribution in [0.3, 0.4) is 0 Å². The van der Waals surface area contributed by atoms with E-state index in [1.54, 1.807) is 11.3 Å². The number of rotatable bonds is 5. The molecule has 17 heavy (non-hydrogen) atoms. The average Bonchev–Trinajstić information content (AvgIpc) is 2.66. The zero-order chi connectivity index (χ0) is 12.3. The van der Waals surface area contributed by atoms with Crippen molar-refractivity contribution in [2.75, 3.05) is 32.5 Å². The number of halogens is 1. The SMILES string of the molecule is CN(C)CCCNc1nc2ccc(Br)cc2s1. The summed E-state index contributed by atoms with van der Waals surface area (Å²) in [6.45, 7) is 2.07. The van der Waals surface area contributed by atoms with Gasteiger partial charge in [-0.2, -0.15) is 0 Å².